The standard InChI is InChI=1S/C13H13F3N2O3/c1-3-21-12(20)11(8(2)19)18-17-10-6-4-5-9(7-10)13(14,15)16/h4-7,19H,3H2,1-2H3/b11-8+,18-17?. The van der Waals surface area contributed by atoms with E-state index in [9.17, 15) is 23.1 Å². The maximum atomic E-state index is 12.5. The summed E-state index contributed by atoms with van der Waals surface area (Å²) in [5.41, 5.74) is -1.46. The molecule has 0 aliphatic heterocycles. The number of carbonyl (C=O) groups excluding carboxylic acids is 1. The molecule has 1 aromatic rings. The maximum absolute atomic E-state index is 12.5. The fraction of sp³-hybridized carbons (Fsp3) is 0.308. The number of hydrogen-bond acceptors (Lipinski definition) is 5. The predicted octanol–water partition coefficient (Wildman–Crippen LogP) is 4.14. The van der Waals surface area contributed by atoms with Crippen LogP contribution in [-0.4, -0.2) is 17.7 Å². The van der Waals surface area contributed by atoms with Gasteiger partial charge in [-0.25, -0.2) is 4.79 Å². The molecular weight excluding hydrogens is 289 g/mol. The minimum absolute atomic E-state index is 0.0642. The fourth-order valence-electron chi connectivity index (χ4n) is 1.31. The first kappa shape index (κ1) is 16.7. The highest BCUT2D eigenvalue weighted by molar-refractivity contribution is 5.88. The van der Waals surface area contributed by atoms with Crippen LogP contribution in [0, 0.1) is 0 Å². The van der Waals surface area contributed by atoms with E-state index in [1.807, 2.05) is 0 Å². The van der Waals surface area contributed by atoms with Crippen LogP contribution >= 0.6 is 0 Å². The number of rotatable bonds is 4. The first-order valence-electron chi connectivity index (χ1n) is 5.91. The third-order valence-electron chi connectivity index (χ3n) is 2.25. The van der Waals surface area contributed by atoms with E-state index in [4.69, 9.17) is 0 Å². The Morgan fingerprint density at radius 2 is 2.05 bits per heavy atom. The van der Waals surface area contributed by atoms with Gasteiger partial charge in [0.05, 0.1) is 17.9 Å². The maximum Gasteiger partial charge on any atom is 0.416 e. The van der Waals surface area contributed by atoms with Crippen molar-refractivity contribution in [3.8, 4) is 0 Å². The molecule has 0 fully saturated rings. The molecule has 1 aromatic carbocycles. The van der Waals surface area contributed by atoms with Crippen molar-refractivity contribution in [1.82, 2.24) is 0 Å². The molecule has 5 nitrogen and oxygen atoms in total. The highest BCUT2D eigenvalue weighted by atomic mass is 19.4. The van der Waals surface area contributed by atoms with Gasteiger partial charge in [-0.2, -0.15) is 18.3 Å². The molecule has 0 bridgehead atoms. The number of hydrogen-bond donors (Lipinski definition) is 1. The van der Waals surface area contributed by atoms with Crippen LogP contribution in [0.1, 0.15) is 19.4 Å². The molecule has 21 heavy (non-hydrogen) atoms. The Labute approximate surface area is 118 Å². The minimum atomic E-state index is -4.50. The summed E-state index contributed by atoms with van der Waals surface area (Å²) in [5.74, 6) is -1.35. The van der Waals surface area contributed by atoms with E-state index in [0.29, 0.717) is 0 Å². The van der Waals surface area contributed by atoms with E-state index in [2.05, 4.69) is 15.0 Å². The second kappa shape index (κ2) is 6.87. The highest BCUT2D eigenvalue weighted by Crippen LogP contribution is 2.31. The number of allylic oxidation sites excluding steroid dienone is 1. The number of ether oxygens (including phenoxy) is 1. The SMILES string of the molecule is CCOC(=O)/C(N=Nc1cccc(C(F)(F)F)c1)=C(/C)O. The molecule has 0 spiro atoms. The molecule has 0 radical (unpaired) electrons. The second-order valence-corrected chi connectivity index (χ2v) is 3.90. The molecule has 1 rings (SSSR count). The fourth-order valence-corrected chi connectivity index (χ4v) is 1.31. The summed E-state index contributed by atoms with van der Waals surface area (Å²) in [7, 11) is 0. The van der Waals surface area contributed by atoms with Crippen molar-refractivity contribution in [3.63, 3.8) is 0 Å². The van der Waals surface area contributed by atoms with Gasteiger partial charge in [-0.15, -0.1) is 5.11 Å². The van der Waals surface area contributed by atoms with Gasteiger partial charge in [0.15, 0.2) is 0 Å². The lowest BCUT2D eigenvalue weighted by Crippen LogP contribution is -2.07. The average Bonchev–Trinajstić information content (AvgIpc) is 2.38. The van der Waals surface area contributed by atoms with Crippen molar-refractivity contribution in [2.75, 3.05) is 6.61 Å². The molecule has 0 aliphatic carbocycles. The summed E-state index contributed by atoms with van der Waals surface area (Å²) in [6, 6.07) is 4.11. The predicted molar refractivity (Wildman–Crippen MR) is 67.9 cm³/mol. The van der Waals surface area contributed by atoms with Gasteiger partial charge in [0.25, 0.3) is 0 Å². The first-order valence-corrected chi connectivity index (χ1v) is 5.91. The van der Waals surface area contributed by atoms with Crippen LogP contribution in [0.4, 0.5) is 18.9 Å². The molecule has 1 N–H and O–H groups in total. The van der Waals surface area contributed by atoms with E-state index in [1.54, 1.807) is 6.92 Å². The summed E-state index contributed by atoms with van der Waals surface area (Å²) in [4.78, 5) is 11.5. The molecule has 0 amide bonds. The van der Waals surface area contributed by atoms with Crippen LogP contribution in [-0.2, 0) is 15.7 Å². The Balaban J connectivity index is 3.04. The second-order valence-electron chi connectivity index (χ2n) is 3.90. The molecule has 0 saturated heterocycles. The van der Waals surface area contributed by atoms with E-state index in [0.717, 1.165) is 18.2 Å². The summed E-state index contributed by atoms with van der Waals surface area (Å²) in [5, 5.41) is 16.3. The lowest BCUT2D eigenvalue weighted by molar-refractivity contribution is -0.139. The number of carbonyl (C=O) groups is 1. The number of aliphatic hydroxyl groups excluding tert-OH is 1. The topological polar surface area (TPSA) is 71.2 Å². The van der Waals surface area contributed by atoms with E-state index >= 15 is 0 Å². The molecule has 0 unspecified atom stereocenters. The van der Waals surface area contributed by atoms with Crippen molar-refractivity contribution in [2.24, 2.45) is 10.2 Å². The number of aliphatic hydroxyl groups is 1. The quantitative estimate of drug-likeness (QED) is 0.393. The molecule has 0 atom stereocenters. The molecular formula is C13H13F3N2O3. The number of alkyl halides is 3. The molecule has 114 valence electrons. The molecule has 8 heteroatoms. The van der Waals surface area contributed by atoms with Gasteiger partial charge in [-0.3, -0.25) is 0 Å². The van der Waals surface area contributed by atoms with Crippen molar-refractivity contribution < 1.29 is 27.8 Å². The summed E-state index contributed by atoms with van der Waals surface area (Å²) < 4.78 is 42.2. The molecule has 0 heterocycles. The lowest BCUT2D eigenvalue weighted by atomic mass is 10.2. The van der Waals surface area contributed by atoms with Crippen molar-refractivity contribution >= 4 is 11.7 Å². The number of esters is 1. The number of halogens is 3. The summed E-state index contributed by atoms with van der Waals surface area (Å²) >= 11 is 0. The minimum Gasteiger partial charge on any atom is -0.510 e. The Bertz CT molecular complexity index is 576. The zero-order valence-electron chi connectivity index (χ0n) is 11.3. The van der Waals surface area contributed by atoms with Crippen LogP contribution in [0.15, 0.2) is 46.0 Å². The van der Waals surface area contributed by atoms with E-state index in [1.165, 1.54) is 13.0 Å². The largest absolute Gasteiger partial charge is 0.510 e. The number of nitrogens with zero attached hydrogens (tertiary/aromatic N) is 2. The molecule has 0 saturated carbocycles. The zero-order valence-corrected chi connectivity index (χ0v) is 11.3. The Kier molecular flexibility index (Phi) is 5.45. The van der Waals surface area contributed by atoms with E-state index in [-0.39, 0.29) is 12.3 Å². The van der Waals surface area contributed by atoms with Crippen LogP contribution in [0.3, 0.4) is 0 Å². The van der Waals surface area contributed by atoms with Gasteiger partial charge in [0.2, 0.25) is 5.70 Å². The van der Waals surface area contributed by atoms with Gasteiger partial charge < -0.3 is 9.84 Å². The van der Waals surface area contributed by atoms with Crippen molar-refractivity contribution in [2.45, 2.75) is 20.0 Å². The Morgan fingerprint density at radius 1 is 1.38 bits per heavy atom. The summed E-state index contributed by atoms with van der Waals surface area (Å²) in [6.45, 7) is 2.82. The third kappa shape index (κ3) is 4.90. The normalized spacial score (nSPS) is 13.2. The zero-order chi connectivity index (χ0) is 16.0. The van der Waals surface area contributed by atoms with Gasteiger partial charge in [-0.1, -0.05) is 6.07 Å². The first-order chi connectivity index (χ1) is 9.75. The lowest BCUT2D eigenvalue weighted by Gasteiger charge is -2.06. The third-order valence-corrected chi connectivity index (χ3v) is 2.25. The van der Waals surface area contributed by atoms with Crippen LogP contribution in [0.2, 0.25) is 0 Å². The molecule has 0 aliphatic rings. The van der Waals surface area contributed by atoms with Crippen LogP contribution < -0.4 is 0 Å². The smallest absolute Gasteiger partial charge is 0.416 e. The van der Waals surface area contributed by atoms with Gasteiger partial charge in [0.1, 0.15) is 5.76 Å². The van der Waals surface area contributed by atoms with Gasteiger partial charge in [0, 0.05) is 0 Å². The monoisotopic (exact) mass is 302 g/mol. The molecule has 0 aromatic heterocycles. The summed E-state index contributed by atoms with van der Waals surface area (Å²) in [6.07, 6.45) is -4.50. The Hall–Kier alpha value is -2.38. The van der Waals surface area contributed by atoms with Crippen molar-refractivity contribution in [1.29, 1.82) is 0 Å². The number of benzene rings is 1. The average molecular weight is 302 g/mol. The number of azo groups is 1. The van der Waals surface area contributed by atoms with Gasteiger partial charge in [-0.05, 0) is 32.0 Å². The van der Waals surface area contributed by atoms with Gasteiger partial charge >= 0.3 is 12.1 Å². The van der Waals surface area contributed by atoms with Crippen LogP contribution in [0.5, 0.6) is 0 Å². The van der Waals surface area contributed by atoms with E-state index < -0.39 is 29.2 Å². The highest BCUT2D eigenvalue weighted by Gasteiger charge is 2.30. The Morgan fingerprint density at radius 3 is 2.57 bits per heavy atom. The van der Waals surface area contributed by atoms with Crippen molar-refractivity contribution in [3.05, 3.63) is 41.3 Å². The van der Waals surface area contributed by atoms with Crippen LogP contribution in [0.25, 0.3) is 0 Å².